The van der Waals surface area contributed by atoms with Gasteiger partial charge in [0.05, 0.1) is 5.54 Å². The van der Waals surface area contributed by atoms with Crippen molar-refractivity contribution in [3.63, 3.8) is 0 Å². The molecule has 2 aromatic rings. The summed E-state index contributed by atoms with van der Waals surface area (Å²) in [5.41, 5.74) is -0.778. The Labute approximate surface area is 102 Å². The molecule has 4 nitrogen and oxygen atoms in total. The molecule has 0 bridgehead atoms. The number of hydrogen-bond acceptors (Lipinski definition) is 2. The molecule has 1 saturated carbocycles. The van der Waals surface area contributed by atoms with Gasteiger partial charge in [-0.1, -0.05) is 12.1 Å². The van der Waals surface area contributed by atoms with Crippen LogP contribution in [0.5, 0.6) is 0 Å². The molecule has 0 radical (unpaired) electrons. The molecule has 1 aliphatic rings. The van der Waals surface area contributed by atoms with Gasteiger partial charge in [-0.2, -0.15) is 0 Å². The maximum Gasteiger partial charge on any atom is 0.313 e. The van der Waals surface area contributed by atoms with E-state index in [1.165, 1.54) is 29.1 Å². The third-order valence-corrected chi connectivity index (χ3v) is 3.39. The predicted octanol–water partition coefficient (Wildman–Crippen LogP) is 1.21. The smallest absolute Gasteiger partial charge is 0.302 e. The quantitative estimate of drug-likeness (QED) is 0.810. The minimum atomic E-state index is -0.570. The summed E-state index contributed by atoms with van der Waals surface area (Å²) in [5.74, 6) is -0.316. The molecule has 92 valence electrons. The summed E-state index contributed by atoms with van der Waals surface area (Å²) >= 11 is 0. The van der Waals surface area contributed by atoms with E-state index in [9.17, 15) is 14.0 Å². The lowest BCUT2D eigenvalue weighted by Gasteiger charge is -2.18. The van der Waals surface area contributed by atoms with Crippen LogP contribution in [-0.4, -0.2) is 9.78 Å². The van der Waals surface area contributed by atoms with Gasteiger partial charge in [0, 0.05) is 12.3 Å². The molecule has 1 N–H and O–H groups in total. The summed E-state index contributed by atoms with van der Waals surface area (Å²) in [4.78, 5) is 23.2. The average Bonchev–Trinajstić information content (AvgIpc) is 3.15. The van der Waals surface area contributed by atoms with Crippen LogP contribution in [-0.2, 0) is 5.54 Å². The van der Waals surface area contributed by atoms with Gasteiger partial charge in [0.15, 0.2) is 0 Å². The molecule has 1 heterocycles. The van der Waals surface area contributed by atoms with Gasteiger partial charge in [-0.15, -0.1) is 0 Å². The molecule has 1 aromatic heterocycles. The van der Waals surface area contributed by atoms with Crippen LogP contribution in [0.2, 0.25) is 0 Å². The summed E-state index contributed by atoms with van der Waals surface area (Å²) in [7, 11) is 0. The number of H-pyrrole nitrogens is 1. The molecular formula is C13H11FN2O2. The fourth-order valence-corrected chi connectivity index (χ4v) is 2.27. The van der Waals surface area contributed by atoms with Crippen LogP contribution in [0.4, 0.5) is 4.39 Å². The second kappa shape index (κ2) is 3.66. The lowest BCUT2D eigenvalue weighted by atomic mass is 10.1. The number of hydrogen-bond donors (Lipinski definition) is 1. The van der Waals surface area contributed by atoms with Gasteiger partial charge in [0.1, 0.15) is 5.82 Å². The van der Waals surface area contributed by atoms with Gasteiger partial charge in [0.2, 0.25) is 5.43 Å². The highest BCUT2D eigenvalue weighted by Gasteiger charge is 2.47. The fourth-order valence-electron chi connectivity index (χ4n) is 2.27. The van der Waals surface area contributed by atoms with E-state index in [0.717, 1.165) is 18.4 Å². The SMILES string of the molecule is O=c1cc[nH]n(C2(c3ccc(F)cc3)CC2)c1=O. The lowest BCUT2D eigenvalue weighted by Crippen LogP contribution is -2.41. The number of aromatic amines is 1. The third-order valence-electron chi connectivity index (χ3n) is 3.39. The first-order chi connectivity index (χ1) is 8.63. The minimum absolute atomic E-state index is 0.316. The van der Waals surface area contributed by atoms with Crippen molar-refractivity contribution < 1.29 is 4.39 Å². The van der Waals surface area contributed by atoms with Crippen molar-refractivity contribution in [3.05, 3.63) is 68.5 Å². The summed E-state index contributed by atoms with van der Waals surface area (Å²) in [6.07, 6.45) is 2.98. The van der Waals surface area contributed by atoms with Gasteiger partial charge in [-0.3, -0.25) is 9.59 Å². The Kier molecular flexibility index (Phi) is 2.23. The monoisotopic (exact) mass is 246 g/mol. The Balaban J connectivity index is 2.16. The maximum absolute atomic E-state index is 12.9. The molecule has 1 fully saturated rings. The second-order valence-electron chi connectivity index (χ2n) is 4.51. The van der Waals surface area contributed by atoms with E-state index in [1.807, 2.05) is 0 Å². The predicted molar refractivity (Wildman–Crippen MR) is 64.0 cm³/mol. The van der Waals surface area contributed by atoms with E-state index in [1.54, 1.807) is 12.1 Å². The number of nitrogens with one attached hydrogen (secondary N) is 1. The van der Waals surface area contributed by atoms with Crippen LogP contribution < -0.4 is 11.0 Å². The highest BCUT2D eigenvalue weighted by molar-refractivity contribution is 5.31. The maximum atomic E-state index is 12.9. The molecule has 5 heteroatoms. The van der Waals surface area contributed by atoms with Crippen molar-refractivity contribution in [1.82, 2.24) is 9.78 Å². The van der Waals surface area contributed by atoms with E-state index < -0.39 is 16.5 Å². The van der Waals surface area contributed by atoms with Crippen molar-refractivity contribution in [2.75, 3.05) is 0 Å². The van der Waals surface area contributed by atoms with Crippen LogP contribution in [0.15, 0.2) is 46.1 Å². The summed E-state index contributed by atoms with van der Waals surface area (Å²) in [6.45, 7) is 0. The molecule has 0 amide bonds. The molecule has 0 spiro atoms. The summed E-state index contributed by atoms with van der Waals surface area (Å²) in [5, 5.41) is 2.80. The van der Waals surface area contributed by atoms with E-state index in [-0.39, 0.29) is 5.82 Å². The van der Waals surface area contributed by atoms with Crippen molar-refractivity contribution in [3.8, 4) is 0 Å². The van der Waals surface area contributed by atoms with E-state index in [4.69, 9.17) is 0 Å². The molecule has 18 heavy (non-hydrogen) atoms. The first-order valence-electron chi connectivity index (χ1n) is 5.71. The zero-order chi connectivity index (χ0) is 12.8. The largest absolute Gasteiger partial charge is 0.313 e. The zero-order valence-electron chi connectivity index (χ0n) is 9.52. The molecule has 0 unspecified atom stereocenters. The van der Waals surface area contributed by atoms with E-state index >= 15 is 0 Å². The number of benzene rings is 1. The van der Waals surface area contributed by atoms with Gasteiger partial charge in [0.25, 0.3) is 0 Å². The standard InChI is InChI=1S/C13H11FN2O2/c14-10-3-1-9(2-4-10)13(6-7-13)16-12(18)11(17)5-8-15-16/h1-5,8,15H,6-7H2. The average molecular weight is 246 g/mol. The van der Waals surface area contributed by atoms with Crippen molar-refractivity contribution in [2.24, 2.45) is 0 Å². The number of nitrogens with zero attached hydrogens (tertiary/aromatic N) is 1. The Hall–Kier alpha value is -2.17. The number of halogens is 1. The zero-order valence-corrected chi connectivity index (χ0v) is 9.52. The van der Waals surface area contributed by atoms with Crippen LogP contribution in [0.1, 0.15) is 18.4 Å². The topological polar surface area (TPSA) is 54.9 Å². The molecule has 0 aliphatic heterocycles. The molecular weight excluding hydrogens is 235 g/mol. The Bertz CT molecular complexity index is 696. The van der Waals surface area contributed by atoms with E-state index in [2.05, 4.69) is 5.10 Å². The number of aromatic nitrogens is 2. The van der Waals surface area contributed by atoms with Crippen molar-refractivity contribution in [1.29, 1.82) is 0 Å². The van der Waals surface area contributed by atoms with Gasteiger partial charge in [-0.05, 0) is 30.5 Å². The van der Waals surface area contributed by atoms with Crippen LogP contribution in [0.3, 0.4) is 0 Å². The highest BCUT2D eigenvalue weighted by Crippen LogP contribution is 2.47. The first kappa shape index (κ1) is 11.0. The Morgan fingerprint density at radius 2 is 1.78 bits per heavy atom. The highest BCUT2D eigenvalue weighted by atomic mass is 19.1. The molecule has 0 atom stereocenters. The van der Waals surface area contributed by atoms with Gasteiger partial charge >= 0.3 is 5.56 Å². The summed E-state index contributed by atoms with van der Waals surface area (Å²) < 4.78 is 14.3. The molecule has 1 aliphatic carbocycles. The lowest BCUT2D eigenvalue weighted by molar-refractivity contribution is 0.475. The van der Waals surface area contributed by atoms with Crippen LogP contribution >= 0.6 is 0 Å². The van der Waals surface area contributed by atoms with Crippen molar-refractivity contribution in [2.45, 2.75) is 18.4 Å². The normalized spacial score (nSPS) is 16.5. The van der Waals surface area contributed by atoms with E-state index in [0.29, 0.717) is 0 Å². The fraction of sp³-hybridized carbons (Fsp3) is 0.231. The molecule has 1 aromatic carbocycles. The molecule has 3 rings (SSSR count). The first-order valence-corrected chi connectivity index (χ1v) is 5.71. The van der Waals surface area contributed by atoms with Crippen molar-refractivity contribution >= 4 is 0 Å². The Morgan fingerprint density at radius 3 is 2.39 bits per heavy atom. The van der Waals surface area contributed by atoms with Gasteiger partial charge in [-0.25, -0.2) is 9.07 Å². The summed E-state index contributed by atoms with van der Waals surface area (Å²) in [6, 6.07) is 7.24. The number of rotatable bonds is 2. The minimum Gasteiger partial charge on any atom is -0.302 e. The van der Waals surface area contributed by atoms with Crippen LogP contribution in [0, 0.1) is 5.82 Å². The van der Waals surface area contributed by atoms with Gasteiger partial charge < -0.3 is 5.10 Å². The third kappa shape index (κ3) is 1.51. The Morgan fingerprint density at radius 1 is 1.11 bits per heavy atom. The second-order valence-corrected chi connectivity index (χ2v) is 4.51. The molecule has 0 saturated heterocycles. The van der Waals surface area contributed by atoms with Crippen LogP contribution in [0.25, 0.3) is 0 Å².